The lowest BCUT2D eigenvalue weighted by molar-refractivity contribution is 0.319. The number of nitrogens with one attached hydrogen (secondary N) is 1. The van der Waals surface area contributed by atoms with Crippen LogP contribution in [0.15, 0.2) is 22.9 Å². The highest BCUT2D eigenvalue weighted by molar-refractivity contribution is 7.15. The molecule has 2 rings (SSSR count). The van der Waals surface area contributed by atoms with Crippen molar-refractivity contribution >= 4 is 16.5 Å². The van der Waals surface area contributed by atoms with Crippen molar-refractivity contribution in [2.75, 3.05) is 12.5 Å². The van der Waals surface area contributed by atoms with Gasteiger partial charge in [-0.3, -0.25) is 10.3 Å². The van der Waals surface area contributed by atoms with Crippen molar-refractivity contribution in [2.24, 2.45) is 5.84 Å². The van der Waals surface area contributed by atoms with Gasteiger partial charge in [-0.2, -0.15) is 0 Å². The minimum Gasteiger partial charge on any atom is -0.469 e. The summed E-state index contributed by atoms with van der Waals surface area (Å²) in [6.07, 6.45) is 3.57. The van der Waals surface area contributed by atoms with E-state index in [1.165, 1.54) is 10.4 Å². The lowest BCUT2D eigenvalue weighted by Gasteiger charge is -2.14. The van der Waals surface area contributed by atoms with Crippen molar-refractivity contribution in [1.82, 2.24) is 9.88 Å². The van der Waals surface area contributed by atoms with Crippen molar-refractivity contribution in [3.63, 3.8) is 0 Å². The summed E-state index contributed by atoms with van der Waals surface area (Å²) in [6, 6.07) is 2.01. The van der Waals surface area contributed by atoms with E-state index in [-0.39, 0.29) is 0 Å². The fraction of sp³-hybridized carbons (Fsp3) is 0.364. The van der Waals surface area contributed by atoms with Gasteiger partial charge in [0, 0.05) is 29.7 Å². The molecule has 0 aliphatic heterocycles. The summed E-state index contributed by atoms with van der Waals surface area (Å²) in [5.74, 6) is 6.27. The normalized spacial score (nSPS) is 11.1. The molecule has 0 atom stereocenters. The van der Waals surface area contributed by atoms with Crippen LogP contribution >= 0.6 is 11.3 Å². The number of thiazole rings is 1. The molecule has 0 spiro atoms. The van der Waals surface area contributed by atoms with Gasteiger partial charge in [0.05, 0.1) is 6.26 Å². The maximum Gasteiger partial charge on any atom is 0.197 e. The number of furan rings is 1. The molecule has 5 nitrogen and oxygen atoms in total. The Morgan fingerprint density at radius 2 is 2.35 bits per heavy atom. The second kappa shape index (κ2) is 5.31. The zero-order valence-corrected chi connectivity index (χ0v) is 10.8. The van der Waals surface area contributed by atoms with Gasteiger partial charge in [-0.15, -0.1) is 0 Å². The lowest BCUT2D eigenvalue weighted by atomic mass is 10.2. The Bertz CT molecular complexity index is 479. The van der Waals surface area contributed by atoms with Crippen LogP contribution in [0, 0.1) is 6.92 Å². The molecule has 92 valence electrons. The number of hydrogen-bond acceptors (Lipinski definition) is 6. The Morgan fingerprint density at radius 3 is 2.94 bits per heavy atom. The Hall–Kier alpha value is -1.37. The molecule has 17 heavy (non-hydrogen) atoms. The molecule has 0 aromatic carbocycles. The number of nitrogens with zero attached hydrogens (tertiary/aromatic N) is 2. The standard InChI is InChI=1S/C11H16N4OS/c1-8-9(3-4-16-8)6-15(2)7-10-5-13-11(14-12)17-10/h3-5H,6-7,12H2,1-2H3,(H,13,14). The van der Waals surface area contributed by atoms with Crippen molar-refractivity contribution in [3.05, 3.63) is 34.7 Å². The molecule has 0 bridgehead atoms. The minimum atomic E-state index is 0.743. The molecule has 0 amide bonds. The van der Waals surface area contributed by atoms with Crippen LogP contribution in [0.25, 0.3) is 0 Å². The molecule has 0 unspecified atom stereocenters. The topological polar surface area (TPSA) is 67.3 Å². The zero-order chi connectivity index (χ0) is 12.3. The third-order valence-electron chi connectivity index (χ3n) is 2.51. The van der Waals surface area contributed by atoms with Gasteiger partial charge in [-0.05, 0) is 20.0 Å². The molecule has 0 fully saturated rings. The smallest absolute Gasteiger partial charge is 0.197 e. The molecule has 2 aromatic heterocycles. The van der Waals surface area contributed by atoms with E-state index in [0.717, 1.165) is 24.0 Å². The number of anilines is 1. The summed E-state index contributed by atoms with van der Waals surface area (Å²) < 4.78 is 5.27. The highest BCUT2D eigenvalue weighted by Gasteiger charge is 2.08. The first-order chi connectivity index (χ1) is 8.19. The molecular formula is C11H16N4OS. The fourth-order valence-corrected chi connectivity index (χ4v) is 2.44. The number of nitrogen functional groups attached to an aromatic ring is 1. The van der Waals surface area contributed by atoms with Gasteiger partial charge in [0.1, 0.15) is 5.76 Å². The van der Waals surface area contributed by atoms with Crippen LogP contribution in [0.4, 0.5) is 5.13 Å². The predicted molar refractivity (Wildman–Crippen MR) is 68.5 cm³/mol. The Kier molecular flexibility index (Phi) is 3.78. The van der Waals surface area contributed by atoms with E-state index in [9.17, 15) is 0 Å². The Balaban J connectivity index is 1.93. The SMILES string of the molecule is Cc1occc1CN(C)Cc1cnc(NN)s1. The summed E-state index contributed by atoms with van der Waals surface area (Å²) in [4.78, 5) is 7.54. The summed E-state index contributed by atoms with van der Waals surface area (Å²) in [6.45, 7) is 3.70. The number of aromatic nitrogens is 1. The van der Waals surface area contributed by atoms with Gasteiger partial charge in [-0.1, -0.05) is 11.3 Å². The van der Waals surface area contributed by atoms with Gasteiger partial charge < -0.3 is 4.42 Å². The van der Waals surface area contributed by atoms with Crippen molar-refractivity contribution in [1.29, 1.82) is 0 Å². The molecule has 0 saturated carbocycles. The van der Waals surface area contributed by atoms with E-state index >= 15 is 0 Å². The number of hydrazine groups is 1. The quantitative estimate of drug-likeness (QED) is 0.629. The molecule has 0 saturated heterocycles. The van der Waals surface area contributed by atoms with Crippen LogP contribution in [0.3, 0.4) is 0 Å². The summed E-state index contributed by atoms with van der Waals surface area (Å²) >= 11 is 1.57. The molecule has 3 N–H and O–H groups in total. The van der Waals surface area contributed by atoms with E-state index in [2.05, 4.69) is 22.4 Å². The zero-order valence-electron chi connectivity index (χ0n) is 9.93. The molecule has 0 aliphatic carbocycles. The summed E-state index contributed by atoms with van der Waals surface area (Å²) in [5, 5.41) is 0.743. The average Bonchev–Trinajstić information content (AvgIpc) is 2.89. The summed E-state index contributed by atoms with van der Waals surface area (Å²) in [7, 11) is 2.07. The maximum atomic E-state index is 5.30. The number of nitrogens with two attached hydrogens (primary N) is 1. The van der Waals surface area contributed by atoms with Crippen LogP contribution in [-0.4, -0.2) is 16.9 Å². The van der Waals surface area contributed by atoms with Crippen molar-refractivity contribution in [2.45, 2.75) is 20.0 Å². The third kappa shape index (κ3) is 3.06. The van der Waals surface area contributed by atoms with Gasteiger partial charge >= 0.3 is 0 Å². The van der Waals surface area contributed by atoms with Crippen LogP contribution in [-0.2, 0) is 13.1 Å². The molecule has 0 aliphatic rings. The van der Waals surface area contributed by atoms with Crippen molar-refractivity contribution < 1.29 is 4.42 Å². The Labute approximate surface area is 104 Å². The number of aryl methyl sites for hydroxylation is 1. The predicted octanol–water partition coefficient (Wildman–Crippen LogP) is 1.96. The highest BCUT2D eigenvalue weighted by atomic mass is 32.1. The maximum absolute atomic E-state index is 5.30. The second-order valence-electron chi connectivity index (χ2n) is 3.95. The average molecular weight is 252 g/mol. The van der Waals surface area contributed by atoms with Crippen LogP contribution in [0.5, 0.6) is 0 Å². The largest absolute Gasteiger partial charge is 0.469 e. The highest BCUT2D eigenvalue weighted by Crippen LogP contribution is 2.19. The molecule has 2 heterocycles. The van der Waals surface area contributed by atoms with E-state index in [1.807, 2.05) is 19.2 Å². The van der Waals surface area contributed by atoms with Gasteiger partial charge in [0.25, 0.3) is 0 Å². The monoisotopic (exact) mass is 252 g/mol. The third-order valence-corrected chi connectivity index (χ3v) is 3.42. The van der Waals surface area contributed by atoms with E-state index in [4.69, 9.17) is 10.3 Å². The van der Waals surface area contributed by atoms with E-state index < -0.39 is 0 Å². The second-order valence-corrected chi connectivity index (χ2v) is 5.07. The van der Waals surface area contributed by atoms with Crippen molar-refractivity contribution in [3.8, 4) is 0 Å². The molecule has 2 aromatic rings. The fourth-order valence-electron chi connectivity index (χ4n) is 1.64. The molecule has 6 heteroatoms. The first-order valence-corrected chi connectivity index (χ1v) is 6.13. The summed E-state index contributed by atoms with van der Waals surface area (Å²) in [5.41, 5.74) is 3.77. The van der Waals surface area contributed by atoms with E-state index in [1.54, 1.807) is 17.6 Å². The van der Waals surface area contributed by atoms with Gasteiger partial charge in [-0.25, -0.2) is 10.8 Å². The number of rotatable bonds is 5. The van der Waals surface area contributed by atoms with Gasteiger partial charge in [0.15, 0.2) is 5.13 Å². The minimum absolute atomic E-state index is 0.743. The molecule has 0 radical (unpaired) electrons. The Morgan fingerprint density at radius 1 is 1.53 bits per heavy atom. The first-order valence-electron chi connectivity index (χ1n) is 5.32. The van der Waals surface area contributed by atoms with Crippen LogP contribution in [0.2, 0.25) is 0 Å². The molecular weight excluding hydrogens is 236 g/mol. The first kappa shape index (κ1) is 12.1. The number of hydrogen-bond donors (Lipinski definition) is 2. The van der Waals surface area contributed by atoms with E-state index in [0.29, 0.717) is 0 Å². The van der Waals surface area contributed by atoms with Crippen LogP contribution in [0.1, 0.15) is 16.2 Å². The van der Waals surface area contributed by atoms with Gasteiger partial charge in [0.2, 0.25) is 0 Å². The van der Waals surface area contributed by atoms with Crippen LogP contribution < -0.4 is 11.3 Å². The lowest BCUT2D eigenvalue weighted by Crippen LogP contribution is -2.16.